The Morgan fingerprint density at radius 1 is 0.889 bits per heavy atom. The lowest BCUT2D eigenvalue weighted by molar-refractivity contribution is -0.125. The van der Waals surface area contributed by atoms with Crippen LogP contribution in [0, 0.1) is 11.8 Å². The van der Waals surface area contributed by atoms with Crippen molar-refractivity contribution < 1.29 is 13.2 Å². The van der Waals surface area contributed by atoms with Gasteiger partial charge in [0, 0.05) is 6.42 Å². The molecule has 137 valence electrons. The van der Waals surface area contributed by atoms with E-state index in [1.165, 1.54) is 0 Å². The molecule has 1 saturated heterocycles. The van der Waals surface area contributed by atoms with Crippen LogP contribution in [0.2, 0.25) is 0 Å². The highest BCUT2D eigenvalue weighted by Gasteiger charge is 2.69. The lowest BCUT2D eigenvalue weighted by Gasteiger charge is -2.37. The van der Waals surface area contributed by atoms with Gasteiger partial charge in [-0.25, -0.2) is 12.7 Å². The second-order valence-corrected chi connectivity index (χ2v) is 9.10. The van der Waals surface area contributed by atoms with E-state index in [1.54, 1.807) is 68.0 Å². The summed E-state index contributed by atoms with van der Waals surface area (Å²) in [6, 6.07) is 18.1. The highest BCUT2D eigenvalue weighted by atomic mass is 32.2. The van der Waals surface area contributed by atoms with Gasteiger partial charge in [-0.05, 0) is 31.0 Å². The topological polar surface area (TPSA) is 54.5 Å². The molecule has 2 aromatic rings. The minimum Gasteiger partial charge on any atom is -0.273 e. The first-order valence-corrected chi connectivity index (χ1v) is 10.3. The zero-order valence-corrected chi connectivity index (χ0v) is 15.8. The molecule has 1 amide bonds. The fraction of sp³-hybridized carbons (Fsp3) is 0.182. The third-order valence-electron chi connectivity index (χ3n) is 5.49. The Hall–Kier alpha value is -2.66. The van der Waals surface area contributed by atoms with Gasteiger partial charge >= 0.3 is 0 Å². The molecule has 1 aliphatic heterocycles. The number of anilines is 1. The van der Waals surface area contributed by atoms with Crippen LogP contribution in [0.15, 0.2) is 85.0 Å². The van der Waals surface area contributed by atoms with Crippen molar-refractivity contribution in [2.45, 2.75) is 18.1 Å². The van der Waals surface area contributed by atoms with Crippen molar-refractivity contribution in [1.29, 1.82) is 0 Å². The van der Waals surface area contributed by atoms with Crippen LogP contribution >= 0.6 is 0 Å². The summed E-state index contributed by atoms with van der Waals surface area (Å²) >= 11 is 0. The molecule has 1 fully saturated rings. The fourth-order valence-electron chi connectivity index (χ4n) is 4.03. The molecule has 4 nitrogen and oxygen atoms in total. The number of benzene rings is 2. The normalized spacial score (nSPS) is 28.8. The standard InChI is InChI=1S/C22H20NO3S/c1-21(17-18-11-5-2-6-12-18)20(24)23(19-13-7-3-8-14-19)27(25,26)22(21)15-9-4-10-16-22/h2-16H,17H2,1H3. The van der Waals surface area contributed by atoms with Crippen molar-refractivity contribution in [3.8, 4) is 0 Å². The third kappa shape index (κ3) is 2.42. The van der Waals surface area contributed by atoms with Crippen molar-refractivity contribution in [2.24, 2.45) is 5.41 Å². The van der Waals surface area contributed by atoms with Gasteiger partial charge in [-0.1, -0.05) is 72.8 Å². The number of carbonyl (C=O) groups is 1. The van der Waals surface area contributed by atoms with Gasteiger partial charge in [-0.2, -0.15) is 0 Å². The van der Waals surface area contributed by atoms with Gasteiger partial charge in [0.25, 0.3) is 10.0 Å². The summed E-state index contributed by atoms with van der Waals surface area (Å²) in [6.45, 7) is 1.75. The first-order chi connectivity index (χ1) is 12.9. The van der Waals surface area contributed by atoms with E-state index in [0.717, 1.165) is 9.87 Å². The number of para-hydroxylation sites is 1. The highest BCUT2D eigenvalue weighted by Crippen LogP contribution is 2.54. The van der Waals surface area contributed by atoms with E-state index < -0.39 is 26.1 Å². The first kappa shape index (κ1) is 17.7. The van der Waals surface area contributed by atoms with Crippen LogP contribution in [0.4, 0.5) is 5.69 Å². The molecule has 0 N–H and O–H groups in total. The number of nitrogens with zero attached hydrogens (tertiary/aromatic N) is 1. The van der Waals surface area contributed by atoms with Crippen LogP contribution in [-0.2, 0) is 21.2 Å². The molecule has 2 unspecified atom stereocenters. The summed E-state index contributed by atoms with van der Waals surface area (Å²) in [4.78, 5) is 13.6. The van der Waals surface area contributed by atoms with E-state index in [1.807, 2.05) is 30.3 Å². The molecule has 27 heavy (non-hydrogen) atoms. The second kappa shape index (κ2) is 6.20. The van der Waals surface area contributed by atoms with Crippen LogP contribution in [-0.4, -0.2) is 19.1 Å². The van der Waals surface area contributed by atoms with E-state index >= 15 is 0 Å². The van der Waals surface area contributed by atoms with Crippen molar-refractivity contribution in [2.75, 3.05) is 4.31 Å². The quantitative estimate of drug-likeness (QED) is 0.819. The average Bonchev–Trinajstić information content (AvgIpc) is 2.80. The van der Waals surface area contributed by atoms with Gasteiger partial charge < -0.3 is 0 Å². The Morgan fingerprint density at radius 3 is 2.11 bits per heavy atom. The minimum atomic E-state index is -3.99. The third-order valence-corrected chi connectivity index (χ3v) is 7.92. The zero-order valence-electron chi connectivity index (χ0n) is 14.9. The Kier molecular flexibility index (Phi) is 4.07. The maximum absolute atomic E-state index is 13.7. The molecule has 1 heterocycles. The van der Waals surface area contributed by atoms with E-state index in [4.69, 9.17) is 0 Å². The van der Waals surface area contributed by atoms with Crippen LogP contribution in [0.3, 0.4) is 0 Å². The van der Waals surface area contributed by atoms with Gasteiger partial charge in [0.05, 0.1) is 11.1 Å². The molecule has 5 heteroatoms. The number of allylic oxidation sites excluding steroid dienone is 3. The Balaban J connectivity index is 1.92. The predicted octanol–water partition coefficient (Wildman–Crippen LogP) is 3.68. The number of sulfonamides is 1. The summed E-state index contributed by atoms with van der Waals surface area (Å²) < 4.78 is 26.9. The molecule has 0 saturated carbocycles. The predicted molar refractivity (Wildman–Crippen MR) is 106 cm³/mol. The molecule has 1 radical (unpaired) electrons. The molecular formula is C22H20NO3S. The molecule has 4 rings (SSSR count). The van der Waals surface area contributed by atoms with Crippen molar-refractivity contribution >= 4 is 21.6 Å². The highest BCUT2D eigenvalue weighted by molar-refractivity contribution is 7.96. The van der Waals surface area contributed by atoms with Gasteiger partial charge in [-0.3, -0.25) is 4.79 Å². The molecule has 0 aromatic heterocycles. The average molecular weight is 378 g/mol. The van der Waals surface area contributed by atoms with Crippen molar-refractivity contribution in [1.82, 2.24) is 0 Å². The molecule has 0 bridgehead atoms. The summed E-state index contributed by atoms with van der Waals surface area (Å²) in [6.07, 6.45) is 8.81. The lowest BCUT2D eigenvalue weighted by Crippen LogP contribution is -2.49. The van der Waals surface area contributed by atoms with Crippen molar-refractivity contribution in [3.05, 3.63) is 97.0 Å². The Morgan fingerprint density at radius 2 is 1.52 bits per heavy atom. The zero-order chi connectivity index (χ0) is 19.1. The maximum atomic E-state index is 13.7. The summed E-state index contributed by atoms with van der Waals surface area (Å²) in [5.41, 5.74) is 0.133. The molecule has 2 aliphatic rings. The molecule has 1 spiro atoms. The number of rotatable bonds is 3. The summed E-state index contributed by atoms with van der Waals surface area (Å²) in [5.74, 6) is -0.409. The van der Waals surface area contributed by atoms with Crippen LogP contribution in [0.1, 0.15) is 12.5 Å². The second-order valence-electron chi connectivity index (χ2n) is 7.11. The first-order valence-electron chi connectivity index (χ1n) is 8.81. The molecule has 2 aromatic carbocycles. The molecular weight excluding hydrogens is 358 g/mol. The van der Waals surface area contributed by atoms with Gasteiger partial charge in [0.2, 0.25) is 5.91 Å². The Labute approximate surface area is 159 Å². The maximum Gasteiger partial charge on any atom is 0.252 e. The lowest BCUT2D eigenvalue weighted by atomic mass is 9.69. The van der Waals surface area contributed by atoms with Crippen LogP contribution in [0.5, 0.6) is 0 Å². The molecule has 2 atom stereocenters. The SMILES string of the molecule is CC1(Cc2ccccc2)C(=O)N(c2ccccc2)S(=O)(=O)C12[CH]C=CC=C2. The number of hydrogen-bond donors (Lipinski definition) is 0. The smallest absolute Gasteiger partial charge is 0.252 e. The summed E-state index contributed by atoms with van der Waals surface area (Å²) in [7, 11) is -3.99. The number of hydrogen-bond acceptors (Lipinski definition) is 3. The van der Waals surface area contributed by atoms with Crippen molar-refractivity contribution in [3.63, 3.8) is 0 Å². The number of carbonyl (C=O) groups excluding carboxylic acids is 1. The van der Waals surface area contributed by atoms with Gasteiger partial charge in [0.1, 0.15) is 4.75 Å². The molecule has 1 aliphatic carbocycles. The van der Waals surface area contributed by atoms with Gasteiger partial charge in [0.15, 0.2) is 0 Å². The van der Waals surface area contributed by atoms with Crippen LogP contribution in [0.25, 0.3) is 0 Å². The minimum absolute atomic E-state index is 0.323. The monoisotopic (exact) mass is 378 g/mol. The van der Waals surface area contributed by atoms with E-state index in [-0.39, 0.29) is 0 Å². The largest absolute Gasteiger partial charge is 0.273 e. The van der Waals surface area contributed by atoms with Gasteiger partial charge in [-0.15, -0.1) is 0 Å². The van der Waals surface area contributed by atoms with Crippen LogP contribution < -0.4 is 4.31 Å². The fourth-order valence-corrected chi connectivity index (χ4v) is 6.38. The number of amides is 1. The van der Waals surface area contributed by atoms with E-state index in [9.17, 15) is 13.2 Å². The Bertz CT molecular complexity index is 1030. The van der Waals surface area contributed by atoms with E-state index in [2.05, 4.69) is 0 Å². The van der Waals surface area contributed by atoms with E-state index in [0.29, 0.717) is 12.1 Å². The summed E-state index contributed by atoms with van der Waals surface area (Å²) in [5, 5.41) is 0.